The van der Waals surface area contributed by atoms with E-state index in [1.165, 1.54) is 5.56 Å². The largest absolute Gasteiger partial charge is 0.383 e. The molecule has 2 aromatic rings. The van der Waals surface area contributed by atoms with Gasteiger partial charge in [-0.25, -0.2) is 4.98 Å². The van der Waals surface area contributed by atoms with Crippen LogP contribution in [0, 0.1) is 0 Å². The fourth-order valence-corrected chi connectivity index (χ4v) is 1.46. The van der Waals surface area contributed by atoms with Gasteiger partial charge in [0.2, 0.25) is 0 Å². The Hall–Kier alpha value is -1.57. The van der Waals surface area contributed by atoms with Gasteiger partial charge in [-0.3, -0.25) is 0 Å². The Morgan fingerprint density at radius 1 is 1.31 bits per heavy atom. The number of benzene rings is 1. The predicted octanol–water partition coefficient (Wildman–Crippen LogP) is 2.38. The average Bonchev–Trinajstić information content (AvgIpc) is 2.18. The van der Waals surface area contributed by atoms with Crippen molar-refractivity contribution in [1.29, 1.82) is 0 Å². The smallest absolute Gasteiger partial charge is 0.131 e. The molecule has 2 rings (SSSR count). The van der Waals surface area contributed by atoms with Crippen LogP contribution in [0.3, 0.4) is 0 Å². The molecule has 1 aromatic heterocycles. The number of nitrogens with two attached hydrogens (primary N) is 1. The lowest BCUT2D eigenvalue weighted by molar-refractivity contribution is 1.15. The number of aromatic nitrogens is 1. The molecule has 0 unspecified atom stereocenters. The summed E-state index contributed by atoms with van der Waals surface area (Å²) in [6, 6.07) is 8.30. The summed E-state index contributed by atoms with van der Waals surface area (Å²) < 4.78 is 0. The number of hydrogen-bond donors (Lipinski definition) is 1. The quantitative estimate of drug-likeness (QED) is 0.717. The summed E-state index contributed by atoms with van der Waals surface area (Å²) in [6.45, 7) is 2.13. The summed E-state index contributed by atoms with van der Waals surface area (Å²) in [5.41, 5.74) is 7.07. The summed E-state index contributed by atoms with van der Waals surface area (Å²) in [5, 5.41) is 2.21. The molecule has 0 spiro atoms. The second kappa shape index (κ2) is 3.05. The van der Waals surface area contributed by atoms with E-state index in [9.17, 15) is 0 Å². The highest BCUT2D eigenvalue weighted by molar-refractivity contribution is 5.91. The Kier molecular flexibility index (Phi) is 1.89. The van der Waals surface area contributed by atoms with Gasteiger partial charge in [0.05, 0.1) is 0 Å². The first-order valence-corrected chi connectivity index (χ1v) is 4.44. The number of nitrogens with zero attached hydrogens (tertiary/aromatic N) is 1. The average molecular weight is 172 g/mol. The SMILES string of the molecule is CCc1ccc2ccnc(N)c2c1. The molecule has 0 saturated carbocycles. The maximum atomic E-state index is 5.77. The van der Waals surface area contributed by atoms with Gasteiger partial charge >= 0.3 is 0 Å². The summed E-state index contributed by atoms with van der Waals surface area (Å²) in [6.07, 6.45) is 2.77. The molecule has 0 aliphatic rings. The lowest BCUT2D eigenvalue weighted by Crippen LogP contribution is -1.91. The molecule has 0 saturated heterocycles. The second-order valence-corrected chi connectivity index (χ2v) is 3.11. The first-order chi connectivity index (χ1) is 6.31. The van der Waals surface area contributed by atoms with E-state index in [4.69, 9.17) is 5.73 Å². The number of hydrogen-bond acceptors (Lipinski definition) is 2. The van der Waals surface area contributed by atoms with Gasteiger partial charge in [-0.15, -0.1) is 0 Å². The van der Waals surface area contributed by atoms with Crippen LogP contribution in [0.15, 0.2) is 30.5 Å². The molecule has 0 atom stereocenters. The van der Waals surface area contributed by atoms with Crippen molar-refractivity contribution in [2.24, 2.45) is 0 Å². The molecule has 0 aliphatic heterocycles. The molecule has 2 N–H and O–H groups in total. The highest BCUT2D eigenvalue weighted by Crippen LogP contribution is 2.19. The van der Waals surface area contributed by atoms with Gasteiger partial charge < -0.3 is 5.73 Å². The van der Waals surface area contributed by atoms with E-state index in [0.29, 0.717) is 5.82 Å². The van der Waals surface area contributed by atoms with Crippen LogP contribution in [0.2, 0.25) is 0 Å². The maximum Gasteiger partial charge on any atom is 0.131 e. The molecule has 13 heavy (non-hydrogen) atoms. The van der Waals surface area contributed by atoms with Crippen LogP contribution >= 0.6 is 0 Å². The van der Waals surface area contributed by atoms with Gasteiger partial charge in [0.1, 0.15) is 5.82 Å². The molecule has 0 fully saturated rings. The van der Waals surface area contributed by atoms with Gasteiger partial charge in [-0.05, 0) is 29.5 Å². The van der Waals surface area contributed by atoms with Crippen molar-refractivity contribution in [2.45, 2.75) is 13.3 Å². The van der Waals surface area contributed by atoms with Crippen molar-refractivity contribution >= 4 is 16.6 Å². The number of aryl methyl sites for hydroxylation is 1. The molecule has 0 aliphatic carbocycles. The molecule has 1 aromatic carbocycles. The molecular formula is C11H12N2. The number of nitrogen functional groups attached to an aromatic ring is 1. The molecule has 2 heteroatoms. The minimum absolute atomic E-state index is 0.618. The van der Waals surface area contributed by atoms with E-state index in [0.717, 1.165) is 17.2 Å². The van der Waals surface area contributed by atoms with E-state index in [1.807, 2.05) is 6.07 Å². The highest BCUT2D eigenvalue weighted by atomic mass is 14.8. The van der Waals surface area contributed by atoms with E-state index in [-0.39, 0.29) is 0 Å². The van der Waals surface area contributed by atoms with Crippen molar-refractivity contribution in [2.75, 3.05) is 5.73 Å². The molecule has 0 bridgehead atoms. The van der Waals surface area contributed by atoms with Gasteiger partial charge in [0, 0.05) is 11.6 Å². The van der Waals surface area contributed by atoms with Crippen molar-refractivity contribution in [3.63, 3.8) is 0 Å². The summed E-state index contributed by atoms with van der Waals surface area (Å²) >= 11 is 0. The zero-order valence-electron chi connectivity index (χ0n) is 7.62. The van der Waals surface area contributed by atoms with E-state index in [2.05, 4.69) is 30.1 Å². The zero-order valence-corrected chi connectivity index (χ0v) is 7.62. The number of anilines is 1. The molecule has 66 valence electrons. The minimum Gasteiger partial charge on any atom is -0.383 e. The van der Waals surface area contributed by atoms with Crippen LogP contribution in [0.25, 0.3) is 10.8 Å². The van der Waals surface area contributed by atoms with Gasteiger partial charge in [-0.1, -0.05) is 19.1 Å². The summed E-state index contributed by atoms with van der Waals surface area (Å²) in [7, 11) is 0. The molecule has 0 amide bonds. The highest BCUT2D eigenvalue weighted by Gasteiger charge is 1.98. The van der Waals surface area contributed by atoms with Crippen LogP contribution in [0.5, 0.6) is 0 Å². The van der Waals surface area contributed by atoms with Crippen LogP contribution in [-0.2, 0) is 6.42 Å². The third-order valence-electron chi connectivity index (χ3n) is 2.27. The zero-order chi connectivity index (χ0) is 9.26. The molecular weight excluding hydrogens is 160 g/mol. The standard InChI is InChI=1S/C11H12N2/c1-2-8-3-4-9-5-6-13-11(12)10(9)7-8/h3-7H,2H2,1H3,(H2,12,13). The fourth-order valence-electron chi connectivity index (χ4n) is 1.46. The van der Waals surface area contributed by atoms with Crippen LogP contribution in [0.4, 0.5) is 5.82 Å². The van der Waals surface area contributed by atoms with Crippen molar-refractivity contribution in [3.05, 3.63) is 36.0 Å². The number of pyridine rings is 1. The lowest BCUT2D eigenvalue weighted by atomic mass is 10.1. The Morgan fingerprint density at radius 2 is 2.15 bits per heavy atom. The normalized spacial score (nSPS) is 10.5. The van der Waals surface area contributed by atoms with Gasteiger partial charge in [0.15, 0.2) is 0 Å². The Bertz CT molecular complexity index is 435. The Balaban J connectivity index is 2.74. The number of rotatable bonds is 1. The molecule has 0 radical (unpaired) electrons. The van der Waals surface area contributed by atoms with E-state index in [1.54, 1.807) is 6.20 Å². The Morgan fingerprint density at radius 3 is 2.92 bits per heavy atom. The maximum absolute atomic E-state index is 5.77. The first-order valence-electron chi connectivity index (χ1n) is 4.44. The fraction of sp³-hybridized carbons (Fsp3) is 0.182. The molecule has 1 heterocycles. The van der Waals surface area contributed by atoms with Crippen LogP contribution in [0.1, 0.15) is 12.5 Å². The van der Waals surface area contributed by atoms with E-state index < -0.39 is 0 Å². The van der Waals surface area contributed by atoms with Crippen molar-refractivity contribution in [1.82, 2.24) is 4.98 Å². The second-order valence-electron chi connectivity index (χ2n) is 3.11. The Labute approximate surface area is 77.4 Å². The van der Waals surface area contributed by atoms with Crippen molar-refractivity contribution in [3.8, 4) is 0 Å². The summed E-state index contributed by atoms with van der Waals surface area (Å²) in [4.78, 5) is 4.06. The topological polar surface area (TPSA) is 38.9 Å². The van der Waals surface area contributed by atoms with Crippen LogP contribution in [-0.4, -0.2) is 4.98 Å². The first kappa shape index (κ1) is 8.05. The predicted molar refractivity (Wildman–Crippen MR) is 55.5 cm³/mol. The molecule has 2 nitrogen and oxygen atoms in total. The van der Waals surface area contributed by atoms with Gasteiger partial charge in [-0.2, -0.15) is 0 Å². The number of fused-ring (bicyclic) bond motifs is 1. The van der Waals surface area contributed by atoms with E-state index >= 15 is 0 Å². The minimum atomic E-state index is 0.618. The van der Waals surface area contributed by atoms with Crippen LogP contribution < -0.4 is 5.73 Å². The van der Waals surface area contributed by atoms with Gasteiger partial charge in [0.25, 0.3) is 0 Å². The van der Waals surface area contributed by atoms with Crippen molar-refractivity contribution < 1.29 is 0 Å². The monoisotopic (exact) mass is 172 g/mol. The lowest BCUT2D eigenvalue weighted by Gasteiger charge is -2.02. The third kappa shape index (κ3) is 1.35. The third-order valence-corrected chi connectivity index (χ3v) is 2.27. The summed E-state index contributed by atoms with van der Waals surface area (Å²) in [5.74, 6) is 0.618.